The molecule has 2 heterocycles. The Bertz CT molecular complexity index is 812. The van der Waals surface area contributed by atoms with Crippen molar-refractivity contribution < 1.29 is 19.1 Å². The number of hydrogen-bond donors (Lipinski definition) is 3. The van der Waals surface area contributed by atoms with E-state index in [1.807, 2.05) is 0 Å². The second kappa shape index (κ2) is 8.85. The van der Waals surface area contributed by atoms with Gasteiger partial charge in [-0.3, -0.25) is 14.3 Å². The maximum Gasteiger partial charge on any atom is 0.256 e. The van der Waals surface area contributed by atoms with Crippen LogP contribution in [0, 0.1) is 0 Å². The fraction of sp³-hybridized carbons (Fsp3) is 0.421. The molecule has 1 fully saturated rings. The molecule has 0 saturated carbocycles. The van der Waals surface area contributed by atoms with Gasteiger partial charge in [-0.1, -0.05) is 0 Å². The average molecular weight is 387 g/mol. The first kappa shape index (κ1) is 19.8. The highest BCUT2D eigenvalue weighted by Crippen LogP contribution is 2.24. The molecule has 0 bridgehead atoms. The molecule has 28 heavy (non-hydrogen) atoms. The summed E-state index contributed by atoms with van der Waals surface area (Å²) in [5, 5.41) is 13.0. The van der Waals surface area contributed by atoms with Crippen molar-refractivity contribution in [2.45, 2.75) is 25.0 Å². The van der Waals surface area contributed by atoms with E-state index >= 15 is 0 Å². The molecule has 150 valence electrons. The molecule has 9 heteroatoms. The minimum atomic E-state index is -0.834. The SMILES string of the molecule is COc1ccc(NC(=O)Cn2cc(NC(=O)C3(OC)CCNCC3)cn2)cc1. The molecule has 1 aromatic heterocycles. The molecular formula is C19H25N5O4. The Kier molecular flexibility index (Phi) is 6.27. The minimum absolute atomic E-state index is 0.0290. The summed E-state index contributed by atoms with van der Waals surface area (Å²) in [6.45, 7) is 1.49. The van der Waals surface area contributed by atoms with Gasteiger partial charge < -0.3 is 25.4 Å². The van der Waals surface area contributed by atoms with Gasteiger partial charge in [0.05, 0.1) is 19.0 Å². The van der Waals surface area contributed by atoms with E-state index in [1.165, 1.54) is 10.9 Å². The third-order valence-electron chi connectivity index (χ3n) is 4.79. The lowest BCUT2D eigenvalue weighted by Gasteiger charge is -2.34. The Morgan fingerprint density at radius 1 is 1.14 bits per heavy atom. The van der Waals surface area contributed by atoms with Gasteiger partial charge in [0.25, 0.3) is 5.91 Å². The van der Waals surface area contributed by atoms with Crippen molar-refractivity contribution in [2.24, 2.45) is 0 Å². The van der Waals surface area contributed by atoms with E-state index < -0.39 is 5.60 Å². The fourth-order valence-electron chi connectivity index (χ4n) is 3.14. The number of ether oxygens (including phenoxy) is 2. The number of piperidine rings is 1. The van der Waals surface area contributed by atoms with Crippen LogP contribution in [0.5, 0.6) is 5.75 Å². The number of methoxy groups -OCH3 is 2. The number of carbonyl (C=O) groups is 2. The summed E-state index contributed by atoms with van der Waals surface area (Å²) in [6.07, 6.45) is 4.35. The van der Waals surface area contributed by atoms with Crippen LogP contribution in [0.25, 0.3) is 0 Å². The largest absolute Gasteiger partial charge is 0.497 e. The van der Waals surface area contributed by atoms with E-state index in [0.29, 0.717) is 30.0 Å². The molecular weight excluding hydrogens is 362 g/mol. The molecule has 1 saturated heterocycles. The zero-order chi connectivity index (χ0) is 20.0. The Labute approximate surface area is 163 Å². The van der Waals surface area contributed by atoms with Gasteiger partial charge in [-0.25, -0.2) is 0 Å². The van der Waals surface area contributed by atoms with Crippen LogP contribution in [0.15, 0.2) is 36.7 Å². The highest BCUT2D eigenvalue weighted by molar-refractivity contribution is 5.97. The summed E-state index contributed by atoms with van der Waals surface area (Å²) in [5.74, 6) is 0.296. The maximum absolute atomic E-state index is 12.7. The van der Waals surface area contributed by atoms with E-state index in [9.17, 15) is 9.59 Å². The standard InChI is InChI=1S/C19H25N5O4/c1-27-16-5-3-14(4-6-16)22-17(25)13-24-12-15(11-21-24)23-18(26)19(28-2)7-9-20-10-8-19/h3-6,11-12,20H,7-10,13H2,1-2H3,(H,22,25)(H,23,26). The lowest BCUT2D eigenvalue weighted by atomic mass is 9.91. The normalized spacial score (nSPS) is 15.6. The highest BCUT2D eigenvalue weighted by atomic mass is 16.5. The van der Waals surface area contributed by atoms with E-state index in [-0.39, 0.29) is 18.4 Å². The number of nitrogens with one attached hydrogen (secondary N) is 3. The van der Waals surface area contributed by atoms with E-state index in [0.717, 1.165) is 13.1 Å². The van der Waals surface area contributed by atoms with Crippen molar-refractivity contribution in [1.82, 2.24) is 15.1 Å². The van der Waals surface area contributed by atoms with Gasteiger partial charge >= 0.3 is 0 Å². The summed E-state index contributed by atoms with van der Waals surface area (Å²) in [5.41, 5.74) is 0.357. The summed E-state index contributed by atoms with van der Waals surface area (Å²) < 4.78 is 12.1. The molecule has 2 amide bonds. The quantitative estimate of drug-likeness (QED) is 0.660. The predicted molar refractivity (Wildman–Crippen MR) is 104 cm³/mol. The molecule has 0 unspecified atom stereocenters. The summed E-state index contributed by atoms with van der Waals surface area (Å²) in [4.78, 5) is 24.8. The van der Waals surface area contributed by atoms with Gasteiger partial charge in [0.2, 0.25) is 5.91 Å². The topological polar surface area (TPSA) is 107 Å². The van der Waals surface area contributed by atoms with Gasteiger partial charge in [-0.15, -0.1) is 0 Å². The number of hydrogen-bond acceptors (Lipinski definition) is 6. The molecule has 3 N–H and O–H groups in total. The summed E-state index contributed by atoms with van der Waals surface area (Å²) in [6, 6.07) is 7.05. The third-order valence-corrected chi connectivity index (χ3v) is 4.79. The molecule has 0 spiro atoms. The number of benzene rings is 1. The molecule has 0 aliphatic carbocycles. The van der Waals surface area contributed by atoms with E-state index in [1.54, 1.807) is 44.7 Å². The number of anilines is 2. The molecule has 2 aromatic rings. The minimum Gasteiger partial charge on any atom is -0.497 e. The van der Waals surface area contributed by atoms with Crippen molar-refractivity contribution in [2.75, 3.05) is 37.9 Å². The van der Waals surface area contributed by atoms with Crippen LogP contribution < -0.4 is 20.7 Å². The monoisotopic (exact) mass is 387 g/mol. The van der Waals surface area contributed by atoms with Crippen LogP contribution in [0.1, 0.15) is 12.8 Å². The average Bonchev–Trinajstić information content (AvgIpc) is 3.15. The Balaban J connectivity index is 1.55. The maximum atomic E-state index is 12.7. The zero-order valence-electron chi connectivity index (χ0n) is 16.0. The van der Waals surface area contributed by atoms with Crippen molar-refractivity contribution in [3.63, 3.8) is 0 Å². The summed E-state index contributed by atoms with van der Waals surface area (Å²) >= 11 is 0. The van der Waals surface area contributed by atoms with Crippen LogP contribution in [0.3, 0.4) is 0 Å². The van der Waals surface area contributed by atoms with Crippen LogP contribution in [-0.2, 0) is 20.9 Å². The highest BCUT2D eigenvalue weighted by Gasteiger charge is 2.39. The smallest absolute Gasteiger partial charge is 0.256 e. The van der Waals surface area contributed by atoms with Gasteiger partial charge in [-0.2, -0.15) is 5.10 Å². The molecule has 1 aliphatic heterocycles. The van der Waals surface area contributed by atoms with Crippen molar-refractivity contribution in [1.29, 1.82) is 0 Å². The van der Waals surface area contributed by atoms with E-state index in [2.05, 4.69) is 21.0 Å². The van der Waals surface area contributed by atoms with Crippen LogP contribution in [-0.4, -0.2) is 54.5 Å². The predicted octanol–water partition coefficient (Wildman–Crippen LogP) is 1.24. The lowest BCUT2D eigenvalue weighted by Crippen LogP contribution is -2.51. The lowest BCUT2D eigenvalue weighted by molar-refractivity contribution is -0.140. The molecule has 9 nitrogen and oxygen atoms in total. The molecule has 3 rings (SSSR count). The first-order chi connectivity index (χ1) is 13.5. The van der Waals surface area contributed by atoms with Crippen LogP contribution in [0.2, 0.25) is 0 Å². The fourth-order valence-corrected chi connectivity index (χ4v) is 3.14. The van der Waals surface area contributed by atoms with Gasteiger partial charge in [0.1, 0.15) is 17.9 Å². The van der Waals surface area contributed by atoms with Gasteiger partial charge in [-0.05, 0) is 50.2 Å². The third kappa shape index (κ3) is 4.68. The van der Waals surface area contributed by atoms with Crippen molar-refractivity contribution in [3.8, 4) is 5.75 Å². The van der Waals surface area contributed by atoms with Gasteiger partial charge in [0.15, 0.2) is 0 Å². The van der Waals surface area contributed by atoms with Gasteiger partial charge in [0, 0.05) is 19.0 Å². The van der Waals surface area contributed by atoms with E-state index in [4.69, 9.17) is 9.47 Å². The number of amides is 2. The Morgan fingerprint density at radius 3 is 2.50 bits per heavy atom. The molecule has 1 aliphatic rings. The second-order valence-corrected chi connectivity index (χ2v) is 6.61. The van der Waals surface area contributed by atoms with Crippen molar-refractivity contribution in [3.05, 3.63) is 36.7 Å². The molecule has 0 atom stereocenters. The number of rotatable bonds is 7. The molecule has 0 radical (unpaired) electrons. The summed E-state index contributed by atoms with van der Waals surface area (Å²) in [7, 11) is 3.14. The second-order valence-electron chi connectivity index (χ2n) is 6.61. The zero-order valence-corrected chi connectivity index (χ0v) is 16.0. The van der Waals surface area contributed by atoms with Crippen LogP contribution >= 0.6 is 0 Å². The van der Waals surface area contributed by atoms with Crippen LogP contribution in [0.4, 0.5) is 11.4 Å². The van der Waals surface area contributed by atoms with Crippen molar-refractivity contribution >= 4 is 23.2 Å². The Hall–Kier alpha value is -2.91. The number of nitrogens with zero attached hydrogens (tertiary/aromatic N) is 2. The number of carbonyl (C=O) groups excluding carboxylic acids is 2. The Morgan fingerprint density at radius 2 is 1.86 bits per heavy atom. The molecule has 1 aromatic carbocycles. The first-order valence-corrected chi connectivity index (χ1v) is 9.08. The number of aromatic nitrogens is 2. The first-order valence-electron chi connectivity index (χ1n) is 9.08.